The fraction of sp³-hybridized carbons (Fsp3) is 0.200. The first-order chi connectivity index (χ1) is 9.78. The maximum absolute atomic E-state index is 11.0. The van der Waals surface area contributed by atoms with Crippen LogP contribution in [0.25, 0.3) is 6.08 Å². The number of rotatable bonds is 6. The summed E-state index contributed by atoms with van der Waals surface area (Å²) in [5.74, 6) is 0.422. The minimum Gasteiger partial charge on any atom is -0.492 e. The van der Waals surface area contributed by atoms with Crippen molar-refractivity contribution in [2.45, 2.75) is 6.54 Å². The van der Waals surface area contributed by atoms with Crippen molar-refractivity contribution in [2.75, 3.05) is 13.7 Å². The number of carbonyl (C=O) groups is 1. The molecule has 0 aliphatic carbocycles. The molecule has 0 unspecified atom stereocenters. The molecule has 104 valence electrons. The number of ether oxygens (including phenoxy) is 2. The Morgan fingerprint density at radius 3 is 2.80 bits per heavy atom. The minimum atomic E-state index is -0.370. The molecule has 0 spiro atoms. The van der Waals surface area contributed by atoms with Gasteiger partial charge in [0.25, 0.3) is 0 Å². The third kappa shape index (κ3) is 4.28. The molecule has 0 N–H and O–H groups in total. The molecule has 2 aromatic rings. The highest BCUT2D eigenvalue weighted by Gasteiger charge is 1.96. The van der Waals surface area contributed by atoms with Gasteiger partial charge in [-0.25, -0.2) is 9.78 Å². The molecule has 1 aromatic carbocycles. The van der Waals surface area contributed by atoms with E-state index in [1.54, 1.807) is 18.6 Å². The van der Waals surface area contributed by atoms with Gasteiger partial charge in [-0.1, -0.05) is 12.1 Å². The minimum absolute atomic E-state index is 0.370. The lowest BCUT2D eigenvalue weighted by Gasteiger charge is -2.06. The van der Waals surface area contributed by atoms with Gasteiger partial charge in [0.2, 0.25) is 0 Å². The van der Waals surface area contributed by atoms with Crippen molar-refractivity contribution < 1.29 is 14.3 Å². The van der Waals surface area contributed by atoms with Crippen molar-refractivity contribution in [3.8, 4) is 5.75 Å². The number of benzene rings is 1. The number of hydrogen-bond acceptors (Lipinski definition) is 4. The summed E-state index contributed by atoms with van der Waals surface area (Å²) >= 11 is 0. The molecule has 0 atom stereocenters. The largest absolute Gasteiger partial charge is 0.492 e. The Morgan fingerprint density at radius 2 is 2.15 bits per heavy atom. The summed E-state index contributed by atoms with van der Waals surface area (Å²) in [6, 6.07) is 7.49. The average Bonchev–Trinajstić information content (AvgIpc) is 2.99. The maximum Gasteiger partial charge on any atom is 0.330 e. The molecule has 1 aromatic heterocycles. The maximum atomic E-state index is 11.0. The third-order valence-corrected chi connectivity index (χ3v) is 2.67. The topological polar surface area (TPSA) is 53.4 Å². The predicted molar refractivity (Wildman–Crippen MR) is 75.2 cm³/mol. The lowest BCUT2D eigenvalue weighted by atomic mass is 10.2. The smallest absolute Gasteiger partial charge is 0.330 e. The summed E-state index contributed by atoms with van der Waals surface area (Å²) < 4.78 is 12.1. The normalized spacial score (nSPS) is 10.7. The molecule has 0 bridgehead atoms. The zero-order valence-electron chi connectivity index (χ0n) is 11.2. The first kappa shape index (κ1) is 13.9. The number of methoxy groups -OCH3 is 1. The highest BCUT2D eigenvalue weighted by atomic mass is 16.5. The molecule has 0 saturated heterocycles. The Balaban J connectivity index is 1.82. The van der Waals surface area contributed by atoms with E-state index in [9.17, 15) is 4.79 Å². The highest BCUT2D eigenvalue weighted by Crippen LogP contribution is 2.13. The van der Waals surface area contributed by atoms with Gasteiger partial charge in [-0.3, -0.25) is 0 Å². The summed E-state index contributed by atoms with van der Waals surface area (Å²) in [6.07, 6.45) is 8.46. The van der Waals surface area contributed by atoms with E-state index in [0.717, 1.165) is 17.9 Å². The van der Waals surface area contributed by atoms with E-state index in [1.807, 2.05) is 35.0 Å². The van der Waals surface area contributed by atoms with Crippen molar-refractivity contribution in [3.05, 3.63) is 54.6 Å². The quantitative estimate of drug-likeness (QED) is 0.597. The zero-order valence-corrected chi connectivity index (χ0v) is 11.2. The standard InChI is InChI=1S/C15H16N2O3/c1-19-15(18)7-4-13-2-5-14(6-3-13)20-11-10-17-9-8-16-12-17/h2-9,12H,10-11H2,1H3/b7-4+. The molecule has 20 heavy (non-hydrogen) atoms. The van der Waals surface area contributed by atoms with Crippen LogP contribution in [0.15, 0.2) is 49.1 Å². The molecule has 0 aliphatic heterocycles. The SMILES string of the molecule is COC(=O)/C=C/c1ccc(OCCn2ccnc2)cc1. The van der Waals surface area contributed by atoms with Crippen LogP contribution in [0.2, 0.25) is 0 Å². The second-order valence-corrected chi connectivity index (χ2v) is 4.07. The van der Waals surface area contributed by atoms with Crippen LogP contribution in [0.3, 0.4) is 0 Å². The Kier molecular flexibility index (Phi) is 4.94. The lowest BCUT2D eigenvalue weighted by Crippen LogP contribution is -2.06. The summed E-state index contributed by atoms with van der Waals surface area (Å²) in [5, 5.41) is 0. The monoisotopic (exact) mass is 272 g/mol. The molecule has 0 saturated carbocycles. The second kappa shape index (κ2) is 7.13. The van der Waals surface area contributed by atoms with Gasteiger partial charge in [-0.2, -0.15) is 0 Å². The molecule has 0 fully saturated rings. The van der Waals surface area contributed by atoms with Crippen molar-refractivity contribution in [1.29, 1.82) is 0 Å². The molecule has 2 rings (SSSR count). The van der Waals surface area contributed by atoms with Gasteiger partial charge < -0.3 is 14.0 Å². The van der Waals surface area contributed by atoms with Crippen LogP contribution in [-0.4, -0.2) is 29.2 Å². The Hall–Kier alpha value is -2.56. The number of esters is 1. The molecule has 5 heteroatoms. The molecular weight excluding hydrogens is 256 g/mol. The van der Waals surface area contributed by atoms with Crippen LogP contribution in [-0.2, 0) is 16.1 Å². The first-order valence-electron chi connectivity index (χ1n) is 6.22. The van der Waals surface area contributed by atoms with E-state index in [0.29, 0.717) is 6.61 Å². The second-order valence-electron chi connectivity index (χ2n) is 4.07. The number of nitrogens with zero attached hydrogens (tertiary/aromatic N) is 2. The fourth-order valence-electron chi connectivity index (χ4n) is 1.60. The van der Waals surface area contributed by atoms with Crippen LogP contribution in [0.5, 0.6) is 5.75 Å². The average molecular weight is 272 g/mol. The van der Waals surface area contributed by atoms with Gasteiger partial charge in [0.05, 0.1) is 20.0 Å². The van der Waals surface area contributed by atoms with E-state index in [2.05, 4.69) is 9.72 Å². The van der Waals surface area contributed by atoms with E-state index in [1.165, 1.54) is 13.2 Å². The Morgan fingerprint density at radius 1 is 1.35 bits per heavy atom. The highest BCUT2D eigenvalue weighted by molar-refractivity contribution is 5.86. The van der Waals surface area contributed by atoms with E-state index in [-0.39, 0.29) is 5.97 Å². The molecule has 0 amide bonds. The van der Waals surface area contributed by atoms with Gasteiger partial charge in [0, 0.05) is 18.5 Å². The lowest BCUT2D eigenvalue weighted by molar-refractivity contribution is -0.134. The molecule has 5 nitrogen and oxygen atoms in total. The van der Waals surface area contributed by atoms with Crippen molar-refractivity contribution >= 4 is 12.0 Å². The van der Waals surface area contributed by atoms with Gasteiger partial charge in [-0.15, -0.1) is 0 Å². The molecule has 1 heterocycles. The van der Waals surface area contributed by atoms with Gasteiger partial charge in [-0.05, 0) is 23.8 Å². The molecular formula is C15H16N2O3. The number of carbonyl (C=O) groups excluding carboxylic acids is 1. The van der Waals surface area contributed by atoms with Crippen LogP contribution < -0.4 is 4.74 Å². The fourth-order valence-corrected chi connectivity index (χ4v) is 1.60. The number of imidazole rings is 1. The molecule has 0 aliphatic rings. The van der Waals surface area contributed by atoms with Gasteiger partial charge >= 0.3 is 5.97 Å². The Labute approximate surface area is 117 Å². The van der Waals surface area contributed by atoms with Gasteiger partial charge in [0.15, 0.2) is 0 Å². The summed E-state index contributed by atoms with van der Waals surface area (Å²) in [5.41, 5.74) is 0.914. The van der Waals surface area contributed by atoms with Crippen LogP contribution in [0.4, 0.5) is 0 Å². The van der Waals surface area contributed by atoms with Gasteiger partial charge in [0.1, 0.15) is 12.4 Å². The number of hydrogen-bond donors (Lipinski definition) is 0. The van der Waals surface area contributed by atoms with Crippen LogP contribution in [0.1, 0.15) is 5.56 Å². The first-order valence-corrected chi connectivity index (χ1v) is 6.22. The Bertz CT molecular complexity index is 559. The van der Waals surface area contributed by atoms with E-state index in [4.69, 9.17) is 4.74 Å². The number of aromatic nitrogens is 2. The molecule has 0 radical (unpaired) electrons. The van der Waals surface area contributed by atoms with Crippen LogP contribution >= 0.6 is 0 Å². The van der Waals surface area contributed by atoms with Crippen molar-refractivity contribution in [2.24, 2.45) is 0 Å². The summed E-state index contributed by atoms with van der Waals surface area (Å²) in [4.78, 5) is 14.9. The van der Waals surface area contributed by atoms with Crippen molar-refractivity contribution in [1.82, 2.24) is 9.55 Å². The van der Waals surface area contributed by atoms with Crippen LogP contribution in [0, 0.1) is 0 Å². The summed E-state index contributed by atoms with van der Waals surface area (Å²) in [6.45, 7) is 1.33. The third-order valence-electron chi connectivity index (χ3n) is 2.67. The van der Waals surface area contributed by atoms with Crippen molar-refractivity contribution in [3.63, 3.8) is 0 Å². The zero-order chi connectivity index (χ0) is 14.2. The summed E-state index contributed by atoms with van der Waals surface area (Å²) in [7, 11) is 1.35. The predicted octanol–water partition coefficient (Wildman–Crippen LogP) is 2.15. The van der Waals surface area contributed by atoms with E-state index < -0.39 is 0 Å². The van der Waals surface area contributed by atoms with E-state index >= 15 is 0 Å².